The molecule has 0 aliphatic rings. The summed E-state index contributed by atoms with van der Waals surface area (Å²) in [5.74, 6) is -3.95. The van der Waals surface area contributed by atoms with Gasteiger partial charge in [0.15, 0.2) is 0 Å². The lowest BCUT2D eigenvalue weighted by atomic mass is 10.0. The number of nitrogens with two attached hydrogens (primary N) is 1. The Morgan fingerprint density at radius 1 is 0.839 bits per heavy atom. The molecule has 18 heteroatoms. The van der Waals surface area contributed by atoms with Crippen LogP contribution in [0.2, 0.25) is 0 Å². The molecule has 2 aromatic carbocycles. The van der Waals surface area contributed by atoms with Crippen molar-refractivity contribution in [3.63, 3.8) is 0 Å². The van der Waals surface area contributed by atoms with Gasteiger partial charge in [-0.25, -0.2) is 9.55 Å². The number of aliphatic hydroxyl groups is 1. The Balaban J connectivity index is 1.61. The predicted octanol–water partition coefficient (Wildman–Crippen LogP) is 1.65. The van der Waals surface area contributed by atoms with Gasteiger partial charge in [-0.15, -0.1) is 0 Å². The number of aryl methyl sites for hydroxylation is 2. The summed E-state index contributed by atoms with van der Waals surface area (Å²) in [4.78, 5) is 86.7. The molecule has 0 aliphatic heterocycles. The van der Waals surface area contributed by atoms with Crippen LogP contribution >= 0.6 is 7.82 Å². The number of nitrogens with one attached hydrogen (secondary N) is 4. The van der Waals surface area contributed by atoms with Crippen molar-refractivity contribution >= 4 is 37.4 Å². The van der Waals surface area contributed by atoms with E-state index >= 15 is 0 Å². The van der Waals surface area contributed by atoms with E-state index in [4.69, 9.17) is 15.5 Å². The third kappa shape index (κ3) is 16.8. The fourth-order valence-electron chi connectivity index (χ4n) is 5.93. The van der Waals surface area contributed by atoms with Crippen LogP contribution in [0.3, 0.4) is 0 Å². The van der Waals surface area contributed by atoms with Gasteiger partial charge in [0.2, 0.25) is 23.6 Å². The number of hydrogen-bond donors (Lipinski definition) is 8. The number of amides is 5. The number of nitrogens with zero attached hydrogens (tertiary/aromatic N) is 2. The lowest BCUT2D eigenvalue weighted by Gasteiger charge is -2.26. The number of phosphoric acid groups is 1. The molecule has 306 valence electrons. The second-order valence-electron chi connectivity index (χ2n) is 13.4. The predicted molar refractivity (Wildman–Crippen MR) is 206 cm³/mol. The molecule has 0 fully saturated rings. The van der Waals surface area contributed by atoms with Crippen molar-refractivity contribution in [1.82, 2.24) is 30.8 Å². The van der Waals surface area contributed by atoms with Gasteiger partial charge in [-0.1, -0.05) is 74.2 Å². The van der Waals surface area contributed by atoms with E-state index in [0.717, 1.165) is 51.9 Å². The first-order valence-electron chi connectivity index (χ1n) is 18.7. The maximum atomic E-state index is 13.7. The van der Waals surface area contributed by atoms with Gasteiger partial charge in [0, 0.05) is 43.4 Å². The van der Waals surface area contributed by atoms with Gasteiger partial charge >= 0.3 is 7.82 Å². The van der Waals surface area contributed by atoms with Crippen LogP contribution in [0.4, 0.5) is 0 Å². The van der Waals surface area contributed by atoms with E-state index in [0.29, 0.717) is 17.8 Å². The molecule has 1 heterocycles. The Morgan fingerprint density at radius 3 is 2.11 bits per heavy atom. The van der Waals surface area contributed by atoms with Gasteiger partial charge in [-0.2, -0.15) is 0 Å². The minimum absolute atomic E-state index is 0.0291. The van der Waals surface area contributed by atoms with E-state index in [2.05, 4.69) is 42.9 Å². The maximum absolute atomic E-state index is 13.7. The summed E-state index contributed by atoms with van der Waals surface area (Å²) in [6.45, 7) is 0.961. The summed E-state index contributed by atoms with van der Waals surface area (Å²) >= 11 is 0. The van der Waals surface area contributed by atoms with Crippen molar-refractivity contribution < 1.29 is 48.0 Å². The molecule has 0 unspecified atom stereocenters. The van der Waals surface area contributed by atoms with E-state index in [1.807, 2.05) is 22.8 Å². The molecule has 0 saturated carbocycles. The van der Waals surface area contributed by atoms with Crippen LogP contribution in [0, 0.1) is 0 Å². The highest BCUT2D eigenvalue weighted by Gasteiger charge is 2.34. The fraction of sp³-hybridized carbons (Fsp3) is 0.474. The minimum Gasteiger partial charge on any atom is -0.394 e. The van der Waals surface area contributed by atoms with E-state index in [1.165, 1.54) is 5.56 Å². The molecule has 0 aliphatic carbocycles. The number of aliphatic hydroxyl groups excluding tert-OH is 1. The van der Waals surface area contributed by atoms with Crippen molar-refractivity contribution in [3.05, 3.63) is 90.0 Å². The molecule has 9 N–H and O–H groups in total. The lowest BCUT2D eigenvalue weighted by molar-refractivity contribution is -0.135. The topological polar surface area (TPSA) is 264 Å². The quantitative estimate of drug-likeness (QED) is 0.0428. The molecular weight excluding hydrogens is 745 g/mol. The Hall–Kier alpha value is -4.93. The summed E-state index contributed by atoms with van der Waals surface area (Å²) < 4.78 is 17.7. The van der Waals surface area contributed by atoms with Crippen molar-refractivity contribution in [1.29, 1.82) is 0 Å². The second kappa shape index (κ2) is 23.9. The number of primary amides is 1. The molecule has 0 bridgehead atoms. The third-order valence-corrected chi connectivity index (χ3v) is 9.52. The first kappa shape index (κ1) is 45.5. The Bertz CT molecular complexity index is 1740. The largest absolute Gasteiger partial charge is 0.469 e. The molecule has 56 heavy (non-hydrogen) atoms. The fourth-order valence-corrected chi connectivity index (χ4v) is 6.48. The van der Waals surface area contributed by atoms with Gasteiger partial charge in [0.1, 0.15) is 18.1 Å². The van der Waals surface area contributed by atoms with Gasteiger partial charge in [0.05, 0.1) is 19.0 Å². The van der Waals surface area contributed by atoms with E-state index in [9.17, 15) is 33.6 Å². The van der Waals surface area contributed by atoms with E-state index in [-0.39, 0.29) is 31.7 Å². The molecule has 5 amide bonds. The van der Waals surface area contributed by atoms with Crippen LogP contribution < -0.4 is 27.0 Å². The van der Waals surface area contributed by atoms with Crippen molar-refractivity contribution in [2.75, 3.05) is 13.2 Å². The van der Waals surface area contributed by atoms with Crippen LogP contribution in [0.25, 0.3) is 0 Å². The van der Waals surface area contributed by atoms with Crippen molar-refractivity contribution in [2.45, 2.75) is 102 Å². The zero-order valence-electron chi connectivity index (χ0n) is 31.5. The first-order chi connectivity index (χ1) is 26.8. The molecule has 0 spiro atoms. The summed E-state index contributed by atoms with van der Waals surface area (Å²) in [5.41, 5.74) is 7.75. The monoisotopic (exact) mass is 799 g/mol. The number of benzene rings is 2. The van der Waals surface area contributed by atoms with Crippen LogP contribution in [0.15, 0.2) is 73.2 Å². The van der Waals surface area contributed by atoms with E-state index in [1.54, 1.807) is 42.9 Å². The molecule has 0 saturated heterocycles. The maximum Gasteiger partial charge on any atom is 0.469 e. The number of carbonyl (C=O) groups is 5. The van der Waals surface area contributed by atoms with Crippen molar-refractivity contribution in [2.24, 2.45) is 5.73 Å². The smallest absolute Gasteiger partial charge is 0.394 e. The highest BCUT2D eigenvalue weighted by atomic mass is 31.2. The molecule has 3 rings (SSSR count). The number of carbonyl (C=O) groups excluding carboxylic acids is 5. The number of hydrogen-bond acceptors (Lipinski definition) is 9. The Morgan fingerprint density at radius 2 is 1.46 bits per heavy atom. The highest BCUT2D eigenvalue weighted by molar-refractivity contribution is 7.46. The molecule has 4 atom stereocenters. The van der Waals surface area contributed by atoms with Crippen LogP contribution in [0.5, 0.6) is 0 Å². The second-order valence-corrected chi connectivity index (χ2v) is 14.6. The molecule has 3 aromatic rings. The standard InChI is InChI=1S/C38H54N7O10P/c1-27(55-56(52,53)54)34(35(39)48)44-38(51)32(25-46)43-37(50)31(42-33(47)20-14-21-41-36(49)29-18-11-7-12-19-29)23-30-24-40-26-45(30)22-13-5-3-2-4-8-15-28-16-9-6-10-17-28/h6-7,9-12,16-19,24,26-27,31-32,34,46H,2-5,8,13-15,20-23,25H2,1H3,(H2,39,48)(H,41,49)(H,42,47)(H,43,50)(H,44,51)(H2,52,53,54)/t27-,31-,32-,34-/m0/s1. The third-order valence-electron chi connectivity index (χ3n) is 8.92. The summed E-state index contributed by atoms with van der Waals surface area (Å²) in [6.07, 6.45) is 9.16. The number of phosphoric ester groups is 1. The lowest BCUT2D eigenvalue weighted by Crippen LogP contribution is -2.59. The van der Waals surface area contributed by atoms with Crippen LogP contribution in [-0.4, -0.2) is 91.4 Å². The average Bonchev–Trinajstić information content (AvgIpc) is 3.61. The normalized spacial score (nSPS) is 13.5. The average molecular weight is 800 g/mol. The van der Waals surface area contributed by atoms with Gasteiger partial charge in [-0.3, -0.25) is 28.5 Å². The zero-order chi connectivity index (χ0) is 40.9. The number of rotatable bonds is 26. The minimum atomic E-state index is -5.07. The number of imidazole rings is 1. The van der Waals surface area contributed by atoms with E-state index < -0.39 is 62.3 Å². The zero-order valence-corrected chi connectivity index (χ0v) is 32.4. The van der Waals surface area contributed by atoms with Crippen molar-refractivity contribution in [3.8, 4) is 0 Å². The first-order valence-corrected chi connectivity index (χ1v) is 20.2. The SMILES string of the molecule is C[C@H](OP(=O)(O)O)[C@H](NC(=O)[C@H](CO)NC(=O)[C@H](Cc1cncn1CCCCCCCCc1ccccc1)NC(=O)CCCNC(=O)c1ccccc1)C(N)=O. The molecule has 17 nitrogen and oxygen atoms in total. The van der Waals surface area contributed by atoms with Gasteiger partial charge in [-0.05, 0) is 50.3 Å². The highest BCUT2D eigenvalue weighted by Crippen LogP contribution is 2.38. The Labute approximate surface area is 326 Å². The summed E-state index contributed by atoms with van der Waals surface area (Å²) in [6, 6.07) is 14.3. The van der Waals surface area contributed by atoms with Gasteiger partial charge in [0.25, 0.3) is 5.91 Å². The molecule has 0 radical (unpaired) electrons. The van der Waals surface area contributed by atoms with Crippen LogP contribution in [-0.2, 0) is 47.7 Å². The number of aromatic nitrogens is 2. The Kier molecular flexibility index (Phi) is 19.4. The van der Waals surface area contributed by atoms with Gasteiger partial charge < -0.3 is 46.5 Å². The molecule has 1 aromatic heterocycles. The molecular formula is C38H54N7O10P. The summed E-state index contributed by atoms with van der Waals surface area (Å²) in [7, 11) is -5.07. The van der Waals surface area contributed by atoms with Crippen LogP contribution in [0.1, 0.15) is 79.9 Å². The summed E-state index contributed by atoms with van der Waals surface area (Å²) in [5, 5.41) is 20.0. The number of unbranched alkanes of at least 4 members (excludes halogenated alkanes) is 5.